The lowest BCUT2D eigenvalue weighted by molar-refractivity contribution is -0.155. The third kappa shape index (κ3) is 4.43. The van der Waals surface area contributed by atoms with E-state index in [1.807, 2.05) is 0 Å². The minimum Gasteiger partial charge on any atom is -0.455 e. The molecular weight excluding hydrogens is 352 g/mol. The highest BCUT2D eigenvalue weighted by Crippen LogP contribution is 2.37. The molecule has 7 heteroatoms. The number of hydrogen-bond donors (Lipinski definition) is 1. The second-order valence-corrected chi connectivity index (χ2v) is 6.57. The zero-order valence-electron chi connectivity index (χ0n) is 15.5. The molecule has 0 aromatic carbocycles. The Balaban J connectivity index is 2.59. The van der Waals surface area contributed by atoms with Crippen molar-refractivity contribution in [1.82, 2.24) is 0 Å². The normalized spacial score (nSPS) is 32.3. The number of carbonyl (C=O) groups is 3. The van der Waals surface area contributed by atoms with Gasteiger partial charge in [-0.05, 0) is 31.4 Å². The van der Waals surface area contributed by atoms with E-state index in [4.69, 9.17) is 14.2 Å². The van der Waals surface area contributed by atoms with E-state index in [2.05, 4.69) is 13.2 Å². The van der Waals surface area contributed by atoms with Crippen LogP contribution in [0.15, 0.2) is 47.6 Å². The van der Waals surface area contributed by atoms with Crippen molar-refractivity contribution < 1.29 is 33.7 Å². The molecule has 0 saturated carbocycles. The summed E-state index contributed by atoms with van der Waals surface area (Å²) in [5.74, 6) is -2.07. The van der Waals surface area contributed by atoms with Crippen molar-refractivity contribution in [3.8, 4) is 0 Å². The smallest absolute Gasteiger partial charge is 0.334 e. The van der Waals surface area contributed by atoms with Gasteiger partial charge in [0.2, 0.25) is 0 Å². The van der Waals surface area contributed by atoms with Crippen LogP contribution in [-0.2, 0) is 28.6 Å². The summed E-state index contributed by atoms with van der Waals surface area (Å²) < 4.78 is 16.4. The first kappa shape index (κ1) is 20.8. The Kier molecular flexibility index (Phi) is 6.87. The Morgan fingerprint density at radius 3 is 2.74 bits per heavy atom. The lowest BCUT2D eigenvalue weighted by atomic mass is 9.83. The standard InChI is InChI=1S/C20H24O7/c1-11(2)19(23)27-18-16-12(3)20(24)26-15(16)8-13(9-21)6-5-7-14(10-22)17(18)25-4/h7-8,10,15-18,21H,1,3,5-6,9H2,2,4H3/b13-8-,14-7-/t15-,16+,17+,18+/m1/s1. The molecule has 0 unspecified atom stereocenters. The average molecular weight is 376 g/mol. The average Bonchev–Trinajstić information content (AvgIpc) is 2.92. The second kappa shape index (κ2) is 8.92. The predicted molar refractivity (Wildman–Crippen MR) is 96.6 cm³/mol. The summed E-state index contributed by atoms with van der Waals surface area (Å²) in [4.78, 5) is 36.0. The summed E-state index contributed by atoms with van der Waals surface area (Å²) in [5.41, 5.74) is 1.20. The molecule has 0 aromatic rings. The van der Waals surface area contributed by atoms with Crippen LogP contribution in [0.5, 0.6) is 0 Å². The van der Waals surface area contributed by atoms with E-state index in [-0.39, 0.29) is 23.3 Å². The highest BCUT2D eigenvalue weighted by molar-refractivity contribution is 5.92. The summed E-state index contributed by atoms with van der Waals surface area (Å²) in [5, 5.41) is 9.58. The van der Waals surface area contributed by atoms with E-state index in [9.17, 15) is 19.5 Å². The first-order valence-electron chi connectivity index (χ1n) is 8.58. The van der Waals surface area contributed by atoms with Crippen molar-refractivity contribution in [2.24, 2.45) is 5.92 Å². The number of carbonyl (C=O) groups excluding carboxylic acids is 3. The fourth-order valence-corrected chi connectivity index (χ4v) is 3.24. The molecule has 0 spiro atoms. The number of allylic oxidation sites excluding steroid dienone is 1. The van der Waals surface area contributed by atoms with Crippen LogP contribution in [0.25, 0.3) is 0 Å². The molecule has 1 aliphatic heterocycles. The van der Waals surface area contributed by atoms with Crippen LogP contribution in [0.1, 0.15) is 19.8 Å². The van der Waals surface area contributed by atoms with Crippen molar-refractivity contribution in [2.45, 2.75) is 38.1 Å². The van der Waals surface area contributed by atoms with Gasteiger partial charge >= 0.3 is 11.9 Å². The van der Waals surface area contributed by atoms with Gasteiger partial charge in [-0.2, -0.15) is 0 Å². The van der Waals surface area contributed by atoms with E-state index < -0.39 is 36.2 Å². The molecule has 0 bridgehead atoms. The molecular formula is C20H24O7. The lowest BCUT2D eigenvalue weighted by Crippen LogP contribution is -2.44. The van der Waals surface area contributed by atoms with Gasteiger partial charge in [-0.3, -0.25) is 4.79 Å². The maximum absolute atomic E-state index is 12.2. The van der Waals surface area contributed by atoms with Crippen LogP contribution in [-0.4, -0.2) is 55.4 Å². The monoisotopic (exact) mass is 376 g/mol. The fourth-order valence-electron chi connectivity index (χ4n) is 3.24. The quantitative estimate of drug-likeness (QED) is 0.335. The van der Waals surface area contributed by atoms with Crippen LogP contribution < -0.4 is 0 Å². The summed E-state index contributed by atoms with van der Waals surface area (Å²) in [7, 11) is 1.39. The first-order chi connectivity index (χ1) is 12.8. The molecule has 1 N–H and O–H groups in total. The van der Waals surface area contributed by atoms with E-state index in [0.29, 0.717) is 24.7 Å². The molecule has 0 amide bonds. The van der Waals surface area contributed by atoms with E-state index in [1.165, 1.54) is 14.0 Å². The Morgan fingerprint density at radius 1 is 1.48 bits per heavy atom. The Labute approximate surface area is 158 Å². The molecule has 2 rings (SSSR count). The van der Waals surface area contributed by atoms with Crippen LogP contribution in [0.4, 0.5) is 0 Å². The molecule has 2 aliphatic rings. The molecule has 4 atom stereocenters. The molecule has 0 radical (unpaired) electrons. The van der Waals surface area contributed by atoms with E-state index in [1.54, 1.807) is 12.2 Å². The number of ether oxygens (including phenoxy) is 3. The van der Waals surface area contributed by atoms with Crippen LogP contribution in [0, 0.1) is 5.92 Å². The number of hydrogen-bond acceptors (Lipinski definition) is 7. The number of fused-ring (bicyclic) bond motifs is 1. The lowest BCUT2D eigenvalue weighted by Gasteiger charge is -2.32. The molecule has 0 aromatic heterocycles. The molecule has 1 heterocycles. The van der Waals surface area contributed by atoms with Gasteiger partial charge in [-0.15, -0.1) is 0 Å². The van der Waals surface area contributed by atoms with Crippen molar-refractivity contribution in [3.05, 3.63) is 47.6 Å². The Hall–Kier alpha value is -2.51. The number of rotatable bonds is 5. The number of aliphatic hydroxyl groups is 1. The van der Waals surface area contributed by atoms with Gasteiger partial charge < -0.3 is 19.3 Å². The van der Waals surface area contributed by atoms with Crippen molar-refractivity contribution in [3.63, 3.8) is 0 Å². The molecule has 146 valence electrons. The number of esters is 2. The van der Waals surface area contributed by atoms with Gasteiger partial charge in [0.05, 0.1) is 12.5 Å². The summed E-state index contributed by atoms with van der Waals surface area (Å²) >= 11 is 0. The number of aldehydes is 1. The first-order valence-corrected chi connectivity index (χ1v) is 8.58. The van der Waals surface area contributed by atoms with E-state index in [0.717, 1.165) is 0 Å². The molecule has 1 fully saturated rings. The maximum atomic E-state index is 12.2. The number of aliphatic hydroxyl groups excluding tert-OH is 1. The second-order valence-electron chi connectivity index (χ2n) is 6.57. The molecule has 27 heavy (non-hydrogen) atoms. The van der Waals surface area contributed by atoms with Gasteiger partial charge in [0.25, 0.3) is 0 Å². The van der Waals surface area contributed by atoms with Crippen molar-refractivity contribution >= 4 is 18.2 Å². The van der Waals surface area contributed by atoms with Gasteiger partial charge in [-0.1, -0.05) is 19.2 Å². The third-order valence-electron chi connectivity index (χ3n) is 4.67. The highest BCUT2D eigenvalue weighted by atomic mass is 16.6. The van der Waals surface area contributed by atoms with Gasteiger partial charge in [-0.25, -0.2) is 9.59 Å². The summed E-state index contributed by atoms with van der Waals surface area (Å²) in [6.07, 6.45) is 2.17. The zero-order valence-corrected chi connectivity index (χ0v) is 15.5. The zero-order chi connectivity index (χ0) is 20.1. The van der Waals surface area contributed by atoms with Crippen LogP contribution in [0.3, 0.4) is 0 Å². The fraction of sp³-hybridized carbons (Fsp3) is 0.450. The third-order valence-corrected chi connectivity index (χ3v) is 4.67. The predicted octanol–water partition coefficient (Wildman–Crippen LogP) is 1.42. The topological polar surface area (TPSA) is 99.1 Å². The van der Waals surface area contributed by atoms with Crippen molar-refractivity contribution in [2.75, 3.05) is 13.7 Å². The SMILES string of the molecule is C=C(C)C(=O)O[C@H]1[C@H]2C(=C)C(=O)O[C@@H]2/C=C(\CO)CC/C=C(/C=O)[C@@H]1OC. The minimum atomic E-state index is -1.03. The van der Waals surface area contributed by atoms with Gasteiger partial charge in [0.15, 0.2) is 0 Å². The van der Waals surface area contributed by atoms with E-state index >= 15 is 0 Å². The largest absolute Gasteiger partial charge is 0.455 e. The van der Waals surface area contributed by atoms with Crippen molar-refractivity contribution in [1.29, 1.82) is 0 Å². The van der Waals surface area contributed by atoms with Crippen LogP contribution >= 0.6 is 0 Å². The Morgan fingerprint density at radius 2 is 2.19 bits per heavy atom. The summed E-state index contributed by atoms with van der Waals surface area (Å²) in [6, 6.07) is 0. The number of methoxy groups -OCH3 is 1. The van der Waals surface area contributed by atoms with Gasteiger partial charge in [0, 0.05) is 23.8 Å². The summed E-state index contributed by atoms with van der Waals surface area (Å²) in [6.45, 7) is 8.61. The molecule has 7 nitrogen and oxygen atoms in total. The Bertz CT molecular complexity index is 716. The molecule has 1 saturated heterocycles. The molecule has 1 aliphatic carbocycles. The van der Waals surface area contributed by atoms with Crippen LogP contribution in [0.2, 0.25) is 0 Å². The minimum absolute atomic E-state index is 0.112. The maximum Gasteiger partial charge on any atom is 0.334 e. The van der Waals surface area contributed by atoms with Gasteiger partial charge in [0.1, 0.15) is 24.6 Å². The highest BCUT2D eigenvalue weighted by Gasteiger charge is 2.48.